The van der Waals surface area contributed by atoms with Crippen molar-refractivity contribution in [2.24, 2.45) is 0 Å². The first kappa shape index (κ1) is 14.4. The molecule has 6 heteroatoms. The molecule has 0 saturated carbocycles. The van der Waals surface area contributed by atoms with E-state index in [9.17, 15) is 0 Å². The third kappa shape index (κ3) is 3.32. The molecule has 0 unspecified atom stereocenters. The number of hydrogen-bond acceptors (Lipinski definition) is 6. The van der Waals surface area contributed by atoms with Gasteiger partial charge in [0.15, 0.2) is 17.1 Å². The van der Waals surface area contributed by atoms with Crippen LogP contribution in [0.1, 0.15) is 5.56 Å². The Morgan fingerprint density at radius 3 is 2.89 bits per heavy atom. The van der Waals surface area contributed by atoms with Crippen LogP contribution >= 0.6 is 24.0 Å². The molecule has 2 rings (SSSR count). The second kappa shape index (κ2) is 6.45. The molecule has 2 aromatic rings. The quantitative estimate of drug-likeness (QED) is 0.653. The molecule has 19 heavy (non-hydrogen) atoms. The summed E-state index contributed by atoms with van der Waals surface area (Å²) in [5.41, 5.74) is 2.31. The molecule has 0 amide bonds. The number of anilines is 1. The SMILES string of the molecule is Cc1coc2c(=S)cc(N(C)CCSCCO)oc12. The van der Waals surface area contributed by atoms with Gasteiger partial charge in [0.25, 0.3) is 0 Å². The average Bonchev–Trinajstić information content (AvgIpc) is 2.77. The third-order valence-electron chi connectivity index (χ3n) is 2.79. The van der Waals surface area contributed by atoms with Crippen molar-refractivity contribution < 1.29 is 13.9 Å². The van der Waals surface area contributed by atoms with Crippen molar-refractivity contribution in [2.45, 2.75) is 6.92 Å². The molecule has 1 N–H and O–H groups in total. The number of aryl methyl sites for hydroxylation is 1. The monoisotopic (exact) mass is 299 g/mol. The molecule has 0 fully saturated rings. The first-order valence-corrected chi connectivity index (χ1v) is 7.61. The first-order chi connectivity index (χ1) is 9.13. The lowest BCUT2D eigenvalue weighted by Crippen LogP contribution is -2.20. The van der Waals surface area contributed by atoms with Crippen molar-refractivity contribution in [3.63, 3.8) is 0 Å². The van der Waals surface area contributed by atoms with Gasteiger partial charge in [-0.1, -0.05) is 12.2 Å². The normalized spacial score (nSPS) is 11.1. The topological polar surface area (TPSA) is 49.8 Å². The van der Waals surface area contributed by atoms with Crippen LogP contribution < -0.4 is 4.90 Å². The maximum absolute atomic E-state index is 8.73. The zero-order valence-corrected chi connectivity index (χ0v) is 12.6. The van der Waals surface area contributed by atoms with Crippen LogP contribution in [0.4, 0.5) is 5.88 Å². The highest BCUT2D eigenvalue weighted by molar-refractivity contribution is 7.99. The summed E-state index contributed by atoms with van der Waals surface area (Å²) in [6.07, 6.45) is 1.66. The van der Waals surface area contributed by atoms with Gasteiger partial charge in [-0.25, -0.2) is 0 Å². The summed E-state index contributed by atoms with van der Waals surface area (Å²) in [6.45, 7) is 2.99. The van der Waals surface area contributed by atoms with Gasteiger partial charge in [-0.3, -0.25) is 0 Å². The van der Waals surface area contributed by atoms with Gasteiger partial charge >= 0.3 is 0 Å². The van der Waals surface area contributed by atoms with Crippen LogP contribution in [-0.4, -0.2) is 36.8 Å². The van der Waals surface area contributed by atoms with Crippen LogP contribution in [0.3, 0.4) is 0 Å². The summed E-state index contributed by atoms with van der Waals surface area (Å²) in [4.78, 5) is 2.02. The number of fused-ring (bicyclic) bond motifs is 1. The smallest absolute Gasteiger partial charge is 0.197 e. The van der Waals surface area contributed by atoms with E-state index in [4.69, 9.17) is 26.2 Å². The van der Waals surface area contributed by atoms with Crippen molar-refractivity contribution >= 4 is 41.0 Å². The summed E-state index contributed by atoms with van der Waals surface area (Å²) in [7, 11) is 1.97. The van der Waals surface area contributed by atoms with Crippen molar-refractivity contribution in [1.29, 1.82) is 0 Å². The molecule has 2 heterocycles. The van der Waals surface area contributed by atoms with E-state index in [-0.39, 0.29) is 6.61 Å². The van der Waals surface area contributed by atoms with Gasteiger partial charge in [0.05, 0.1) is 17.4 Å². The molecular formula is C13H17NO3S2. The van der Waals surface area contributed by atoms with E-state index in [1.807, 2.05) is 24.9 Å². The zero-order chi connectivity index (χ0) is 13.8. The van der Waals surface area contributed by atoms with E-state index >= 15 is 0 Å². The van der Waals surface area contributed by atoms with Crippen molar-refractivity contribution in [3.8, 4) is 0 Å². The van der Waals surface area contributed by atoms with Crippen LogP contribution in [0.2, 0.25) is 0 Å². The highest BCUT2D eigenvalue weighted by Crippen LogP contribution is 2.27. The van der Waals surface area contributed by atoms with E-state index in [1.165, 1.54) is 0 Å². The molecule has 2 aromatic heterocycles. The Labute approximate surface area is 121 Å². The number of aliphatic hydroxyl groups is 1. The Morgan fingerprint density at radius 2 is 2.16 bits per heavy atom. The fraction of sp³-hybridized carbons (Fsp3) is 0.462. The van der Waals surface area contributed by atoms with E-state index < -0.39 is 0 Å². The van der Waals surface area contributed by atoms with Crippen LogP contribution in [-0.2, 0) is 0 Å². The molecule has 4 nitrogen and oxygen atoms in total. The van der Waals surface area contributed by atoms with Gasteiger partial charge in [0.1, 0.15) is 0 Å². The van der Waals surface area contributed by atoms with Gasteiger partial charge in [0.2, 0.25) is 0 Å². The number of furan rings is 1. The Morgan fingerprint density at radius 1 is 1.37 bits per heavy atom. The lowest BCUT2D eigenvalue weighted by Gasteiger charge is -2.17. The maximum Gasteiger partial charge on any atom is 0.197 e. The molecule has 0 aliphatic carbocycles. The van der Waals surface area contributed by atoms with Crippen molar-refractivity contribution in [2.75, 3.05) is 36.6 Å². The lowest BCUT2D eigenvalue weighted by atomic mass is 10.3. The molecule has 0 bridgehead atoms. The molecular weight excluding hydrogens is 282 g/mol. The second-order valence-corrected chi connectivity index (χ2v) is 5.95. The third-order valence-corrected chi connectivity index (χ3v) is 4.03. The number of nitrogens with zero attached hydrogens (tertiary/aromatic N) is 1. The second-order valence-electron chi connectivity index (χ2n) is 4.28. The summed E-state index contributed by atoms with van der Waals surface area (Å²) < 4.78 is 11.9. The first-order valence-electron chi connectivity index (χ1n) is 6.05. The Balaban J connectivity index is 2.15. The predicted octanol–water partition coefficient (Wildman–Crippen LogP) is 3.23. The van der Waals surface area contributed by atoms with E-state index in [2.05, 4.69) is 0 Å². The van der Waals surface area contributed by atoms with Crippen molar-refractivity contribution in [3.05, 3.63) is 22.4 Å². The van der Waals surface area contributed by atoms with E-state index in [1.54, 1.807) is 18.0 Å². The Hall–Kier alpha value is -0.980. The molecule has 0 aliphatic rings. The maximum atomic E-state index is 8.73. The molecule has 0 saturated heterocycles. The molecule has 0 atom stereocenters. The van der Waals surface area contributed by atoms with Crippen LogP contribution in [0.15, 0.2) is 21.2 Å². The molecule has 0 spiro atoms. The van der Waals surface area contributed by atoms with Gasteiger partial charge in [-0.2, -0.15) is 11.8 Å². The van der Waals surface area contributed by atoms with Crippen LogP contribution in [0.5, 0.6) is 0 Å². The summed E-state index contributed by atoms with van der Waals surface area (Å²) in [5, 5.41) is 8.73. The zero-order valence-electron chi connectivity index (χ0n) is 11.0. The van der Waals surface area contributed by atoms with E-state index in [0.717, 1.165) is 35.1 Å². The van der Waals surface area contributed by atoms with Gasteiger partial charge in [-0.05, 0) is 6.92 Å². The minimum Gasteiger partial charge on any atom is -0.459 e. The molecule has 0 aromatic carbocycles. The number of thioether (sulfide) groups is 1. The highest BCUT2D eigenvalue weighted by Gasteiger charge is 2.11. The van der Waals surface area contributed by atoms with Crippen molar-refractivity contribution in [1.82, 2.24) is 0 Å². The number of hydrogen-bond donors (Lipinski definition) is 1. The van der Waals surface area contributed by atoms with Gasteiger partial charge in [-0.15, -0.1) is 0 Å². The summed E-state index contributed by atoms with van der Waals surface area (Å²) >= 11 is 7.02. The lowest BCUT2D eigenvalue weighted by molar-refractivity contribution is 0.322. The molecule has 0 aliphatic heterocycles. The molecule has 104 valence electrons. The molecule has 0 radical (unpaired) electrons. The Kier molecular flexibility index (Phi) is 4.90. The standard InChI is InChI=1S/C13H17NO3S2/c1-9-8-16-13-10(18)7-11(17-12(9)13)14(2)3-5-19-6-4-15/h7-8,15H,3-6H2,1-2H3. The fourth-order valence-corrected chi connectivity index (χ4v) is 2.69. The predicted molar refractivity (Wildman–Crippen MR) is 81.7 cm³/mol. The largest absolute Gasteiger partial charge is 0.459 e. The van der Waals surface area contributed by atoms with E-state index in [0.29, 0.717) is 10.1 Å². The number of rotatable bonds is 6. The minimum atomic E-state index is 0.217. The highest BCUT2D eigenvalue weighted by atomic mass is 32.2. The summed E-state index contributed by atoms with van der Waals surface area (Å²) in [6, 6.07) is 1.82. The fourth-order valence-electron chi connectivity index (χ4n) is 1.71. The van der Waals surface area contributed by atoms with Crippen LogP contribution in [0.25, 0.3) is 11.2 Å². The summed E-state index contributed by atoms with van der Waals surface area (Å²) in [5.74, 6) is 2.44. The number of aliphatic hydroxyl groups excluding tert-OH is 1. The van der Waals surface area contributed by atoms with Crippen LogP contribution in [0, 0.1) is 11.4 Å². The average molecular weight is 299 g/mol. The minimum absolute atomic E-state index is 0.217. The Bertz CT molecular complexity index is 605. The van der Waals surface area contributed by atoms with Gasteiger partial charge < -0.3 is 18.8 Å². The van der Waals surface area contributed by atoms with Gasteiger partial charge in [0, 0.05) is 36.7 Å².